The van der Waals surface area contributed by atoms with Crippen LogP contribution >= 0.6 is 0 Å². The molecule has 0 spiro atoms. The van der Waals surface area contributed by atoms with Crippen molar-refractivity contribution in [2.24, 2.45) is 11.8 Å². The first-order chi connectivity index (χ1) is 6.84. The highest BCUT2D eigenvalue weighted by molar-refractivity contribution is 7.90. The van der Waals surface area contributed by atoms with Crippen LogP contribution in [0.4, 0.5) is 0 Å². The lowest BCUT2D eigenvalue weighted by molar-refractivity contribution is -0.123. The molecule has 0 bridgehead atoms. The van der Waals surface area contributed by atoms with Gasteiger partial charge in [0.2, 0.25) is 15.9 Å². The molecule has 0 aromatic carbocycles. The monoisotopic (exact) mass is 234 g/mol. The molecule has 1 aliphatic rings. The van der Waals surface area contributed by atoms with Crippen molar-refractivity contribution in [3.8, 4) is 0 Å². The van der Waals surface area contributed by atoms with E-state index in [2.05, 4.69) is 10.0 Å². The maximum Gasteiger partial charge on any atom is 0.238 e. The van der Waals surface area contributed by atoms with E-state index in [0.717, 1.165) is 6.54 Å². The molecule has 0 aromatic rings. The molecule has 2 atom stereocenters. The molecule has 0 aliphatic carbocycles. The molecule has 1 aliphatic heterocycles. The van der Waals surface area contributed by atoms with Crippen LogP contribution < -0.4 is 10.0 Å². The van der Waals surface area contributed by atoms with E-state index in [-0.39, 0.29) is 17.7 Å². The normalized spacial score (nSPS) is 26.9. The molecule has 1 saturated heterocycles. The second-order valence-electron chi connectivity index (χ2n) is 4.30. The molecule has 15 heavy (non-hydrogen) atoms. The average Bonchev–Trinajstić information content (AvgIpc) is 2.50. The number of nitrogens with one attached hydrogen (secondary N) is 2. The van der Waals surface area contributed by atoms with E-state index in [1.54, 1.807) is 13.8 Å². The first-order valence-electron chi connectivity index (χ1n) is 5.10. The Balaban J connectivity index is 2.64. The van der Waals surface area contributed by atoms with Crippen molar-refractivity contribution in [3.63, 3.8) is 0 Å². The molecule has 0 saturated carbocycles. The van der Waals surface area contributed by atoms with Gasteiger partial charge in [0.25, 0.3) is 0 Å². The standard InChI is InChI=1S/C9H18N2O3S/c1-6(2)15(13,14)11-9(12)8-5-10-4-7(8)3/h6-8,10H,4-5H2,1-3H3,(H,11,12)/t7-,8-/m1/s1. The minimum Gasteiger partial charge on any atom is -0.316 e. The van der Waals surface area contributed by atoms with Crippen LogP contribution in [-0.4, -0.2) is 32.7 Å². The van der Waals surface area contributed by atoms with Gasteiger partial charge in [0.15, 0.2) is 0 Å². The van der Waals surface area contributed by atoms with Crippen LogP contribution in [-0.2, 0) is 14.8 Å². The van der Waals surface area contributed by atoms with Gasteiger partial charge in [-0.05, 0) is 26.3 Å². The number of hydrogen-bond acceptors (Lipinski definition) is 4. The zero-order valence-corrected chi connectivity index (χ0v) is 10.1. The summed E-state index contributed by atoms with van der Waals surface area (Å²) in [5, 5.41) is 2.48. The number of carbonyl (C=O) groups is 1. The highest BCUT2D eigenvalue weighted by Crippen LogP contribution is 2.16. The highest BCUT2D eigenvalue weighted by atomic mass is 32.2. The molecular formula is C9H18N2O3S. The Hall–Kier alpha value is -0.620. The van der Waals surface area contributed by atoms with Gasteiger partial charge in [0, 0.05) is 6.54 Å². The van der Waals surface area contributed by atoms with E-state index in [1.807, 2.05) is 6.92 Å². The Morgan fingerprint density at radius 2 is 2.00 bits per heavy atom. The van der Waals surface area contributed by atoms with Gasteiger partial charge in [-0.1, -0.05) is 6.92 Å². The number of sulfonamides is 1. The third-order valence-electron chi connectivity index (χ3n) is 2.72. The van der Waals surface area contributed by atoms with Crippen LogP contribution in [0.1, 0.15) is 20.8 Å². The van der Waals surface area contributed by atoms with E-state index >= 15 is 0 Å². The number of amides is 1. The van der Waals surface area contributed by atoms with Crippen molar-refractivity contribution >= 4 is 15.9 Å². The minimum absolute atomic E-state index is 0.187. The minimum atomic E-state index is -3.49. The molecule has 6 heteroatoms. The third kappa shape index (κ3) is 2.92. The van der Waals surface area contributed by atoms with Gasteiger partial charge in [0.1, 0.15) is 0 Å². The summed E-state index contributed by atoms with van der Waals surface area (Å²) < 4.78 is 25.0. The zero-order chi connectivity index (χ0) is 11.6. The van der Waals surface area contributed by atoms with Crippen molar-refractivity contribution in [2.45, 2.75) is 26.0 Å². The summed E-state index contributed by atoms with van der Waals surface area (Å²) in [4.78, 5) is 11.6. The molecular weight excluding hydrogens is 216 g/mol. The maximum atomic E-state index is 11.6. The Morgan fingerprint density at radius 3 is 2.40 bits per heavy atom. The molecule has 88 valence electrons. The molecule has 1 heterocycles. The summed E-state index contributed by atoms with van der Waals surface area (Å²) in [5.74, 6) is -0.438. The second-order valence-corrected chi connectivity index (χ2v) is 6.54. The number of rotatable bonds is 3. The molecule has 0 aromatic heterocycles. The van der Waals surface area contributed by atoms with Gasteiger partial charge >= 0.3 is 0 Å². The summed E-state index contributed by atoms with van der Waals surface area (Å²) >= 11 is 0. The van der Waals surface area contributed by atoms with E-state index in [1.165, 1.54) is 0 Å². The fourth-order valence-corrected chi connectivity index (χ4v) is 2.16. The lowest BCUT2D eigenvalue weighted by atomic mass is 9.98. The molecule has 0 radical (unpaired) electrons. The zero-order valence-electron chi connectivity index (χ0n) is 9.28. The van der Waals surface area contributed by atoms with Crippen LogP contribution in [0.2, 0.25) is 0 Å². The van der Waals surface area contributed by atoms with Gasteiger partial charge < -0.3 is 5.32 Å². The SMILES string of the molecule is CC(C)S(=O)(=O)NC(=O)[C@@H]1CNC[C@H]1C. The van der Waals surface area contributed by atoms with Gasteiger partial charge in [0.05, 0.1) is 11.2 Å². The summed E-state index contributed by atoms with van der Waals surface area (Å²) in [6.07, 6.45) is 0. The third-order valence-corrected chi connectivity index (χ3v) is 4.44. The van der Waals surface area contributed by atoms with Crippen LogP contribution in [0.5, 0.6) is 0 Å². The van der Waals surface area contributed by atoms with Crippen molar-refractivity contribution in [1.82, 2.24) is 10.0 Å². The summed E-state index contributed by atoms with van der Waals surface area (Å²) in [7, 11) is -3.49. The van der Waals surface area contributed by atoms with Crippen molar-refractivity contribution < 1.29 is 13.2 Å². The van der Waals surface area contributed by atoms with Crippen LogP contribution in [0.3, 0.4) is 0 Å². The number of carbonyl (C=O) groups excluding carboxylic acids is 1. The highest BCUT2D eigenvalue weighted by Gasteiger charge is 2.32. The lowest BCUT2D eigenvalue weighted by Crippen LogP contribution is -2.41. The Labute approximate surface area is 90.7 Å². The predicted octanol–water partition coefficient (Wildman–Crippen LogP) is -0.304. The van der Waals surface area contributed by atoms with Crippen LogP contribution in [0, 0.1) is 11.8 Å². The van der Waals surface area contributed by atoms with E-state index in [0.29, 0.717) is 6.54 Å². The number of hydrogen-bond donors (Lipinski definition) is 2. The van der Waals surface area contributed by atoms with Crippen molar-refractivity contribution in [2.75, 3.05) is 13.1 Å². The molecule has 2 N–H and O–H groups in total. The van der Waals surface area contributed by atoms with Crippen molar-refractivity contribution in [1.29, 1.82) is 0 Å². The van der Waals surface area contributed by atoms with Crippen molar-refractivity contribution in [3.05, 3.63) is 0 Å². The van der Waals surface area contributed by atoms with Gasteiger partial charge in [-0.3, -0.25) is 9.52 Å². The fraction of sp³-hybridized carbons (Fsp3) is 0.889. The first kappa shape index (κ1) is 12.4. The van der Waals surface area contributed by atoms with Gasteiger partial charge in [-0.25, -0.2) is 8.42 Å². The average molecular weight is 234 g/mol. The molecule has 0 unspecified atom stereocenters. The van der Waals surface area contributed by atoms with E-state index < -0.39 is 15.3 Å². The quantitative estimate of drug-likeness (QED) is 0.703. The first-order valence-corrected chi connectivity index (χ1v) is 6.65. The van der Waals surface area contributed by atoms with Gasteiger partial charge in [-0.15, -0.1) is 0 Å². The topological polar surface area (TPSA) is 75.3 Å². The molecule has 5 nitrogen and oxygen atoms in total. The Bertz CT molecular complexity index is 337. The summed E-state index contributed by atoms with van der Waals surface area (Å²) in [5.41, 5.74) is 0. The van der Waals surface area contributed by atoms with Crippen LogP contribution in [0.25, 0.3) is 0 Å². The Morgan fingerprint density at radius 1 is 1.40 bits per heavy atom. The summed E-state index contributed by atoms with van der Waals surface area (Å²) in [6.45, 7) is 6.35. The van der Waals surface area contributed by atoms with Crippen LogP contribution in [0.15, 0.2) is 0 Å². The fourth-order valence-electron chi connectivity index (χ4n) is 1.49. The Kier molecular flexibility index (Phi) is 3.72. The molecule has 1 fully saturated rings. The molecule has 1 amide bonds. The maximum absolute atomic E-state index is 11.6. The van der Waals surface area contributed by atoms with E-state index in [9.17, 15) is 13.2 Å². The predicted molar refractivity (Wildman–Crippen MR) is 57.7 cm³/mol. The second kappa shape index (κ2) is 4.49. The summed E-state index contributed by atoms with van der Waals surface area (Å²) in [6, 6.07) is 0. The van der Waals surface area contributed by atoms with Gasteiger partial charge in [-0.2, -0.15) is 0 Å². The largest absolute Gasteiger partial charge is 0.316 e. The lowest BCUT2D eigenvalue weighted by Gasteiger charge is -2.15. The van der Waals surface area contributed by atoms with E-state index in [4.69, 9.17) is 0 Å². The molecule has 1 rings (SSSR count). The smallest absolute Gasteiger partial charge is 0.238 e.